The van der Waals surface area contributed by atoms with Crippen LogP contribution in [0.5, 0.6) is 0 Å². The Balaban J connectivity index is 1.60. The van der Waals surface area contributed by atoms with Crippen molar-refractivity contribution in [2.75, 3.05) is 13.1 Å². The number of carbonyl (C=O) groups is 1. The van der Waals surface area contributed by atoms with Crippen LogP contribution in [-0.4, -0.2) is 38.7 Å². The van der Waals surface area contributed by atoms with Crippen molar-refractivity contribution in [1.29, 1.82) is 0 Å². The smallest absolute Gasteiger partial charge is 0.224 e. The van der Waals surface area contributed by atoms with E-state index in [1.807, 2.05) is 9.47 Å². The number of likely N-dealkylation sites (tertiary alicyclic amines) is 1. The fourth-order valence-electron chi connectivity index (χ4n) is 3.22. The number of benzene rings is 1. The molecule has 0 bridgehead atoms. The fraction of sp³-hybridized carbons (Fsp3) is 0.471. The number of aryl methyl sites for hydroxylation is 2. The summed E-state index contributed by atoms with van der Waals surface area (Å²) >= 11 is 0. The molecule has 1 fully saturated rings. The second kappa shape index (κ2) is 6.73. The van der Waals surface area contributed by atoms with E-state index in [2.05, 4.69) is 41.4 Å². The predicted octanol–water partition coefficient (Wildman–Crippen LogP) is 2.38. The molecule has 1 aliphatic rings. The summed E-state index contributed by atoms with van der Waals surface area (Å²) in [5.41, 5.74) is 2.71. The summed E-state index contributed by atoms with van der Waals surface area (Å²) in [4.78, 5) is 14.4. The highest BCUT2D eigenvalue weighted by molar-refractivity contribution is 5.76. The number of hydrogen-bond donors (Lipinski definition) is 0. The lowest BCUT2D eigenvalue weighted by atomic mass is 9.88. The molecular weight excluding hydrogens is 276 g/mol. The minimum Gasteiger partial charge on any atom is -0.342 e. The van der Waals surface area contributed by atoms with Gasteiger partial charge in [0, 0.05) is 32.0 Å². The van der Waals surface area contributed by atoms with Gasteiger partial charge in [-0.2, -0.15) is 0 Å². The average molecular weight is 298 g/mol. The van der Waals surface area contributed by atoms with E-state index in [4.69, 9.17) is 0 Å². The Bertz CT molecular complexity index is 623. The maximum Gasteiger partial charge on any atom is 0.224 e. The standard InChI is InChI=1S/C17H22N4O/c1-14-5-2-3-7-16(14)15-6-4-9-21(11-15)17(22)8-10-20-12-18-19-13-20/h2-3,5,7,12-13,15H,4,6,8-11H2,1H3/t15-/m1/s1. The summed E-state index contributed by atoms with van der Waals surface area (Å²) in [5.74, 6) is 0.695. The molecule has 0 radical (unpaired) electrons. The van der Waals surface area contributed by atoms with E-state index in [0.29, 0.717) is 18.9 Å². The van der Waals surface area contributed by atoms with Crippen LogP contribution in [0.3, 0.4) is 0 Å². The fourth-order valence-corrected chi connectivity index (χ4v) is 3.22. The maximum absolute atomic E-state index is 12.4. The van der Waals surface area contributed by atoms with Gasteiger partial charge in [-0.3, -0.25) is 4.79 Å². The third-order valence-corrected chi connectivity index (χ3v) is 4.45. The number of piperidine rings is 1. The van der Waals surface area contributed by atoms with Crippen molar-refractivity contribution in [2.45, 2.75) is 38.6 Å². The molecule has 0 spiro atoms. The highest BCUT2D eigenvalue weighted by Gasteiger charge is 2.25. The largest absolute Gasteiger partial charge is 0.342 e. The molecule has 2 aromatic rings. The first kappa shape index (κ1) is 14.8. The molecule has 0 unspecified atom stereocenters. The highest BCUT2D eigenvalue weighted by Crippen LogP contribution is 2.29. The quantitative estimate of drug-likeness (QED) is 0.871. The average Bonchev–Trinajstić information content (AvgIpc) is 3.06. The minimum absolute atomic E-state index is 0.229. The van der Waals surface area contributed by atoms with Crippen molar-refractivity contribution in [3.63, 3.8) is 0 Å². The van der Waals surface area contributed by atoms with E-state index in [1.165, 1.54) is 17.5 Å². The maximum atomic E-state index is 12.4. The number of amides is 1. The topological polar surface area (TPSA) is 51.0 Å². The lowest BCUT2D eigenvalue weighted by Gasteiger charge is -2.33. The molecule has 116 valence electrons. The van der Waals surface area contributed by atoms with E-state index < -0.39 is 0 Å². The first-order valence-corrected chi connectivity index (χ1v) is 7.90. The summed E-state index contributed by atoms with van der Waals surface area (Å²) in [6, 6.07) is 8.52. The highest BCUT2D eigenvalue weighted by atomic mass is 16.2. The van der Waals surface area contributed by atoms with Crippen LogP contribution < -0.4 is 0 Å². The van der Waals surface area contributed by atoms with Crippen molar-refractivity contribution >= 4 is 5.91 Å². The first-order valence-electron chi connectivity index (χ1n) is 7.90. The molecule has 2 heterocycles. The van der Waals surface area contributed by atoms with Crippen LogP contribution in [0.15, 0.2) is 36.9 Å². The number of nitrogens with zero attached hydrogens (tertiary/aromatic N) is 4. The molecule has 0 saturated carbocycles. The second-order valence-electron chi connectivity index (χ2n) is 5.99. The molecule has 1 aliphatic heterocycles. The van der Waals surface area contributed by atoms with Gasteiger partial charge < -0.3 is 9.47 Å². The monoisotopic (exact) mass is 298 g/mol. The number of rotatable bonds is 4. The SMILES string of the molecule is Cc1ccccc1[C@@H]1CCCN(C(=O)CCn2cnnc2)C1. The van der Waals surface area contributed by atoms with Crippen molar-refractivity contribution < 1.29 is 4.79 Å². The van der Waals surface area contributed by atoms with Gasteiger partial charge in [0.25, 0.3) is 0 Å². The van der Waals surface area contributed by atoms with Gasteiger partial charge in [0.15, 0.2) is 0 Å². The van der Waals surface area contributed by atoms with Crippen LogP contribution in [0.25, 0.3) is 0 Å². The minimum atomic E-state index is 0.229. The van der Waals surface area contributed by atoms with Crippen LogP contribution in [0, 0.1) is 6.92 Å². The Labute approximate surface area is 131 Å². The summed E-state index contributed by atoms with van der Waals surface area (Å²) in [6.45, 7) is 4.52. The first-order chi connectivity index (χ1) is 10.7. The van der Waals surface area contributed by atoms with E-state index in [0.717, 1.165) is 19.5 Å². The molecule has 1 aromatic heterocycles. The van der Waals surface area contributed by atoms with E-state index in [-0.39, 0.29) is 5.91 Å². The van der Waals surface area contributed by atoms with Crippen LogP contribution in [0.4, 0.5) is 0 Å². The third-order valence-electron chi connectivity index (χ3n) is 4.45. The Morgan fingerprint density at radius 1 is 1.27 bits per heavy atom. The van der Waals surface area contributed by atoms with Crippen molar-refractivity contribution in [3.8, 4) is 0 Å². The summed E-state index contributed by atoms with van der Waals surface area (Å²) in [5, 5.41) is 7.52. The van der Waals surface area contributed by atoms with Crippen molar-refractivity contribution in [3.05, 3.63) is 48.0 Å². The number of hydrogen-bond acceptors (Lipinski definition) is 3. The summed E-state index contributed by atoms with van der Waals surface area (Å²) < 4.78 is 1.85. The molecule has 1 aromatic carbocycles. The number of aromatic nitrogens is 3. The van der Waals surface area contributed by atoms with Crippen LogP contribution in [0.1, 0.15) is 36.3 Å². The zero-order valence-corrected chi connectivity index (χ0v) is 13.0. The van der Waals surface area contributed by atoms with Gasteiger partial charge in [0.05, 0.1) is 0 Å². The molecule has 3 rings (SSSR count). The molecule has 22 heavy (non-hydrogen) atoms. The Morgan fingerprint density at radius 3 is 2.82 bits per heavy atom. The Morgan fingerprint density at radius 2 is 2.05 bits per heavy atom. The molecule has 5 nitrogen and oxygen atoms in total. The lowest BCUT2D eigenvalue weighted by molar-refractivity contribution is -0.132. The van der Waals surface area contributed by atoms with Gasteiger partial charge in [-0.05, 0) is 30.9 Å². The molecule has 1 saturated heterocycles. The lowest BCUT2D eigenvalue weighted by Crippen LogP contribution is -2.39. The second-order valence-corrected chi connectivity index (χ2v) is 5.99. The third kappa shape index (κ3) is 3.35. The van der Waals surface area contributed by atoms with E-state index in [9.17, 15) is 4.79 Å². The normalized spacial score (nSPS) is 18.4. The van der Waals surface area contributed by atoms with Crippen molar-refractivity contribution in [2.24, 2.45) is 0 Å². The Kier molecular flexibility index (Phi) is 4.51. The summed E-state index contributed by atoms with van der Waals surface area (Å²) in [7, 11) is 0. The van der Waals surface area contributed by atoms with Crippen LogP contribution in [-0.2, 0) is 11.3 Å². The summed E-state index contributed by atoms with van der Waals surface area (Å²) in [6.07, 6.45) is 6.06. The van der Waals surface area contributed by atoms with Crippen molar-refractivity contribution in [1.82, 2.24) is 19.7 Å². The molecule has 5 heteroatoms. The molecular formula is C17H22N4O. The van der Waals surface area contributed by atoms with Gasteiger partial charge >= 0.3 is 0 Å². The molecule has 0 aliphatic carbocycles. The van der Waals surface area contributed by atoms with Gasteiger partial charge in [0.2, 0.25) is 5.91 Å². The van der Waals surface area contributed by atoms with E-state index >= 15 is 0 Å². The van der Waals surface area contributed by atoms with Gasteiger partial charge in [-0.1, -0.05) is 24.3 Å². The van der Waals surface area contributed by atoms with Gasteiger partial charge in [-0.15, -0.1) is 10.2 Å². The van der Waals surface area contributed by atoms with Gasteiger partial charge in [0.1, 0.15) is 12.7 Å². The number of carbonyl (C=O) groups excluding carboxylic acids is 1. The Hall–Kier alpha value is -2.17. The van der Waals surface area contributed by atoms with Gasteiger partial charge in [-0.25, -0.2) is 0 Å². The molecule has 1 atom stereocenters. The van der Waals surface area contributed by atoms with E-state index in [1.54, 1.807) is 12.7 Å². The molecule has 1 amide bonds. The predicted molar refractivity (Wildman–Crippen MR) is 84.4 cm³/mol. The zero-order chi connectivity index (χ0) is 15.4. The molecule has 0 N–H and O–H groups in total. The van der Waals surface area contributed by atoms with Crippen LogP contribution in [0.2, 0.25) is 0 Å². The van der Waals surface area contributed by atoms with Crippen LogP contribution >= 0.6 is 0 Å². The zero-order valence-electron chi connectivity index (χ0n) is 13.0.